The van der Waals surface area contributed by atoms with Crippen LogP contribution in [-0.2, 0) is 16.9 Å². The van der Waals surface area contributed by atoms with Gasteiger partial charge in [-0.25, -0.2) is 4.79 Å². The first-order chi connectivity index (χ1) is 11.4. The molecular weight excluding hydrogens is 388 g/mol. The number of hydrogen-bond donors (Lipinski definition) is 1. The molecule has 0 spiro atoms. The summed E-state index contributed by atoms with van der Waals surface area (Å²) >= 11 is 5.07. The third kappa shape index (κ3) is 3.08. The van der Waals surface area contributed by atoms with Crippen LogP contribution in [0.25, 0.3) is 0 Å². The highest BCUT2D eigenvalue weighted by molar-refractivity contribution is 9.10. The van der Waals surface area contributed by atoms with Crippen molar-refractivity contribution >= 4 is 39.6 Å². The van der Waals surface area contributed by atoms with Crippen molar-refractivity contribution in [3.05, 3.63) is 64.1 Å². The van der Waals surface area contributed by atoms with Gasteiger partial charge in [-0.15, -0.1) is 11.8 Å². The predicted molar refractivity (Wildman–Crippen MR) is 98.8 cm³/mol. The maximum atomic E-state index is 12.9. The van der Waals surface area contributed by atoms with Gasteiger partial charge in [0.2, 0.25) is 0 Å². The Morgan fingerprint density at radius 3 is 2.50 bits per heavy atom. The molecule has 1 N–H and O–H groups in total. The minimum atomic E-state index is -1.04. The monoisotopic (exact) mass is 404 g/mol. The Morgan fingerprint density at radius 2 is 1.88 bits per heavy atom. The molecule has 1 unspecified atom stereocenters. The molecule has 24 heavy (non-hydrogen) atoms. The topological polar surface area (TPSA) is 49.4 Å². The average molecular weight is 405 g/mol. The first-order valence-corrected chi connectivity index (χ1v) is 9.49. The Morgan fingerprint density at radius 1 is 1.17 bits per heavy atom. The first-order valence-electron chi connectivity index (χ1n) is 7.47. The van der Waals surface area contributed by atoms with E-state index in [1.807, 2.05) is 54.8 Å². The van der Waals surface area contributed by atoms with E-state index in [1.54, 1.807) is 18.7 Å². The van der Waals surface area contributed by atoms with E-state index in [0.29, 0.717) is 0 Å². The Labute approximate surface area is 153 Å². The Balaban J connectivity index is 1.85. The number of benzene rings is 2. The molecular formula is C18H17BrN2O2S. The SMILES string of the molecule is CSc1ccc(CN2C(=O)NC(C)(c3cccc(Br)c3)C2=O)cc1. The molecule has 0 radical (unpaired) electrons. The minimum Gasteiger partial charge on any atom is -0.319 e. The number of amides is 3. The highest BCUT2D eigenvalue weighted by Gasteiger charge is 2.48. The van der Waals surface area contributed by atoms with Gasteiger partial charge in [-0.1, -0.05) is 40.2 Å². The van der Waals surface area contributed by atoms with Gasteiger partial charge in [0.1, 0.15) is 5.54 Å². The van der Waals surface area contributed by atoms with E-state index in [0.717, 1.165) is 20.5 Å². The van der Waals surface area contributed by atoms with Crippen molar-refractivity contribution in [1.29, 1.82) is 0 Å². The van der Waals surface area contributed by atoms with Gasteiger partial charge in [0.15, 0.2) is 0 Å². The zero-order valence-electron chi connectivity index (χ0n) is 13.4. The van der Waals surface area contributed by atoms with Crippen LogP contribution in [0.1, 0.15) is 18.1 Å². The summed E-state index contributed by atoms with van der Waals surface area (Å²) in [4.78, 5) is 27.7. The number of thioether (sulfide) groups is 1. The maximum absolute atomic E-state index is 12.9. The summed E-state index contributed by atoms with van der Waals surface area (Å²) in [7, 11) is 0. The summed E-state index contributed by atoms with van der Waals surface area (Å²) in [6, 6.07) is 15.0. The van der Waals surface area contributed by atoms with Crippen LogP contribution >= 0.6 is 27.7 Å². The minimum absolute atomic E-state index is 0.237. The molecule has 0 saturated carbocycles. The Kier molecular flexibility index (Phi) is 4.69. The van der Waals surface area contributed by atoms with Crippen molar-refractivity contribution in [2.75, 3.05) is 6.26 Å². The first kappa shape index (κ1) is 17.0. The van der Waals surface area contributed by atoms with Crippen molar-refractivity contribution in [3.8, 4) is 0 Å². The van der Waals surface area contributed by atoms with Crippen LogP contribution in [0, 0.1) is 0 Å². The third-order valence-electron chi connectivity index (χ3n) is 4.18. The van der Waals surface area contributed by atoms with Crippen LogP contribution in [0.4, 0.5) is 4.79 Å². The van der Waals surface area contributed by atoms with Crippen molar-refractivity contribution in [3.63, 3.8) is 0 Å². The lowest BCUT2D eigenvalue weighted by atomic mass is 9.92. The van der Waals surface area contributed by atoms with Gasteiger partial charge in [0.05, 0.1) is 6.54 Å². The van der Waals surface area contributed by atoms with Gasteiger partial charge in [-0.05, 0) is 48.6 Å². The van der Waals surface area contributed by atoms with Crippen molar-refractivity contribution in [1.82, 2.24) is 10.2 Å². The number of rotatable bonds is 4. The zero-order chi connectivity index (χ0) is 17.3. The van der Waals surface area contributed by atoms with Gasteiger partial charge in [-0.3, -0.25) is 9.69 Å². The molecule has 2 aromatic carbocycles. The van der Waals surface area contributed by atoms with Crippen LogP contribution < -0.4 is 5.32 Å². The molecule has 1 fully saturated rings. The molecule has 0 aromatic heterocycles. The predicted octanol–water partition coefficient (Wildman–Crippen LogP) is 4.14. The maximum Gasteiger partial charge on any atom is 0.325 e. The number of nitrogens with one attached hydrogen (secondary N) is 1. The molecule has 3 rings (SSSR count). The van der Waals surface area contributed by atoms with E-state index in [4.69, 9.17) is 0 Å². The van der Waals surface area contributed by atoms with Gasteiger partial charge in [0, 0.05) is 9.37 Å². The van der Waals surface area contributed by atoms with E-state index in [9.17, 15) is 9.59 Å². The highest BCUT2D eigenvalue weighted by atomic mass is 79.9. The number of imide groups is 1. The number of carbonyl (C=O) groups is 2. The molecule has 1 aliphatic heterocycles. The lowest BCUT2D eigenvalue weighted by molar-refractivity contribution is -0.131. The van der Waals surface area contributed by atoms with Gasteiger partial charge in [0.25, 0.3) is 5.91 Å². The third-order valence-corrected chi connectivity index (χ3v) is 5.41. The molecule has 2 aromatic rings. The molecule has 124 valence electrons. The number of nitrogens with zero attached hydrogens (tertiary/aromatic N) is 1. The van der Waals surface area contributed by atoms with Crippen LogP contribution in [-0.4, -0.2) is 23.1 Å². The van der Waals surface area contributed by atoms with Crippen LogP contribution in [0.3, 0.4) is 0 Å². The van der Waals surface area contributed by atoms with Crippen molar-refractivity contribution < 1.29 is 9.59 Å². The van der Waals surface area contributed by atoms with Crippen LogP contribution in [0.2, 0.25) is 0 Å². The summed E-state index contributed by atoms with van der Waals surface area (Å²) in [5.41, 5.74) is 0.644. The Bertz CT molecular complexity index is 794. The van der Waals surface area contributed by atoms with Gasteiger partial charge < -0.3 is 5.32 Å². The van der Waals surface area contributed by atoms with Crippen LogP contribution in [0.5, 0.6) is 0 Å². The van der Waals surface area contributed by atoms with Crippen LogP contribution in [0.15, 0.2) is 57.9 Å². The van der Waals surface area contributed by atoms with E-state index >= 15 is 0 Å². The molecule has 1 saturated heterocycles. The highest BCUT2D eigenvalue weighted by Crippen LogP contribution is 2.31. The lowest BCUT2D eigenvalue weighted by Gasteiger charge is -2.22. The fourth-order valence-corrected chi connectivity index (χ4v) is 3.56. The molecule has 3 amide bonds. The summed E-state index contributed by atoms with van der Waals surface area (Å²) in [6.07, 6.45) is 2.01. The average Bonchev–Trinajstić information content (AvgIpc) is 2.80. The fraction of sp³-hybridized carbons (Fsp3) is 0.222. The normalized spacial score (nSPS) is 20.4. The molecule has 1 heterocycles. The molecule has 1 atom stereocenters. The van der Waals surface area contributed by atoms with E-state index in [1.165, 1.54) is 4.90 Å². The summed E-state index contributed by atoms with van der Waals surface area (Å²) in [5.74, 6) is -0.237. The molecule has 6 heteroatoms. The second-order valence-electron chi connectivity index (χ2n) is 5.80. The summed E-state index contributed by atoms with van der Waals surface area (Å²) in [5, 5.41) is 2.83. The quantitative estimate of drug-likeness (QED) is 0.615. The molecule has 0 bridgehead atoms. The number of hydrogen-bond acceptors (Lipinski definition) is 3. The van der Waals surface area contributed by atoms with Crippen molar-refractivity contribution in [2.45, 2.75) is 23.9 Å². The Hall–Kier alpha value is -1.79. The fourth-order valence-electron chi connectivity index (χ4n) is 2.75. The summed E-state index contributed by atoms with van der Waals surface area (Å²) in [6.45, 7) is 2.01. The number of carbonyl (C=O) groups excluding carboxylic acids is 2. The molecule has 0 aliphatic carbocycles. The van der Waals surface area contributed by atoms with E-state index < -0.39 is 5.54 Å². The van der Waals surface area contributed by atoms with Crippen molar-refractivity contribution in [2.24, 2.45) is 0 Å². The second-order valence-corrected chi connectivity index (χ2v) is 7.60. The molecule has 4 nitrogen and oxygen atoms in total. The second kappa shape index (κ2) is 6.61. The molecule has 1 aliphatic rings. The van der Waals surface area contributed by atoms with Gasteiger partial charge in [-0.2, -0.15) is 0 Å². The van der Waals surface area contributed by atoms with Gasteiger partial charge >= 0.3 is 6.03 Å². The summed E-state index contributed by atoms with van der Waals surface area (Å²) < 4.78 is 0.870. The van der Waals surface area contributed by atoms with E-state index in [-0.39, 0.29) is 18.5 Å². The number of urea groups is 1. The lowest BCUT2D eigenvalue weighted by Crippen LogP contribution is -2.40. The largest absolute Gasteiger partial charge is 0.325 e. The van der Waals surface area contributed by atoms with E-state index in [2.05, 4.69) is 21.2 Å². The smallest absolute Gasteiger partial charge is 0.319 e. The zero-order valence-corrected chi connectivity index (χ0v) is 15.8. The standard InChI is InChI=1S/C18H17BrN2O2S/c1-18(13-4-3-5-14(19)10-13)16(22)21(17(23)20-18)11-12-6-8-15(24-2)9-7-12/h3-10H,11H2,1-2H3,(H,20,23). The number of halogens is 1.